The molecule has 58 valence electrons. The maximum Gasteiger partial charge on any atom is 0.342 e. The van der Waals surface area contributed by atoms with Crippen LogP contribution >= 0.6 is 0 Å². The zero-order valence-electron chi connectivity index (χ0n) is 4.44. The van der Waals surface area contributed by atoms with E-state index >= 15 is 0 Å². The van der Waals surface area contributed by atoms with Crippen molar-refractivity contribution >= 4 is 5.97 Å². The van der Waals surface area contributed by atoms with Crippen LogP contribution < -0.4 is 0 Å². The first kappa shape index (κ1) is 8.93. The van der Waals surface area contributed by atoms with Gasteiger partial charge in [-0.2, -0.15) is 8.78 Å². The van der Waals surface area contributed by atoms with E-state index in [9.17, 15) is 22.4 Å². The zero-order chi connectivity index (χ0) is 8.31. The molecule has 1 N–H and O–H groups in total. The summed E-state index contributed by atoms with van der Waals surface area (Å²) >= 11 is 0. The van der Waals surface area contributed by atoms with E-state index in [1.807, 2.05) is 0 Å². The van der Waals surface area contributed by atoms with Crippen molar-refractivity contribution in [2.45, 2.75) is 6.43 Å². The Morgan fingerprint density at radius 3 is 1.70 bits per heavy atom. The number of aliphatic carboxylic acids is 1. The van der Waals surface area contributed by atoms with Gasteiger partial charge in [-0.15, -0.1) is 0 Å². The van der Waals surface area contributed by atoms with Crippen molar-refractivity contribution in [2.24, 2.45) is 0 Å². The Morgan fingerprint density at radius 1 is 1.30 bits per heavy atom. The van der Waals surface area contributed by atoms with Crippen molar-refractivity contribution in [3.63, 3.8) is 0 Å². The van der Waals surface area contributed by atoms with Crippen LogP contribution in [-0.4, -0.2) is 17.5 Å². The van der Waals surface area contributed by atoms with Gasteiger partial charge in [-0.05, 0) is 0 Å². The van der Waals surface area contributed by atoms with Gasteiger partial charge in [0.2, 0.25) is 0 Å². The summed E-state index contributed by atoms with van der Waals surface area (Å²) in [6, 6.07) is 0. The highest BCUT2D eigenvalue weighted by atomic mass is 19.3. The highest BCUT2D eigenvalue weighted by Crippen LogP contribution is 2.15. The molecule has 0 spiro atoms. The van der Waals surface area contributed by atoms with Crippen molar-refractivity contribution in [3.05, 3.63) is 11.7 Å². The van der Waals surface area contributed by atoms with Gasteiger partial charge in [0, 0.05) is 0 Å². The molecule has 0 amide bonds. The molecular weight excluding hydrogens is 156 g/mol. The van der Waals surface area contributed by atoms with Gasteiger partial charge in [0.1, 0.15) is 0 Å². The van der Waals surface area contributed by atoms with Crippen LogP contribution in [0.3, 0.4) is 0 Å². The Kier molecular flexibility index (Phi) is 2.85. The van der Waals surface area contributed by atoms with E-state index < -0.39 is 24.0 Å². The average Bonchev–Trinajstić information content (AvgIpc) is 1.59. The molecule has 0 aliphatic carbocycles. The summed E-state index contributed by atoms with van der Waals surface area (Å²) in [7, 11) is 0. The quantitative estimate of drug-likeness (QED) is 0.488. The molecule has 0 rings (SSSR count). The van der Waals surface area contributed by atoms with Crippen LogP contribution in [0.2, 0.25) is 0 Å². The van der Waals surface area contributed by atoms with Gasteiger partial charge in [0.15, 0.2) is 5.57 Å². The van der Waals surface area contributed by atoms with E-state index in [1.165, 1.54) is 0 Å². The largest absolute Gasteiger partial charge is 0.478 e. The summed E-state index contributed by atoms with van der Waals surface area (Å²) < 4.78 is 45.0. The second kappa shape index (κ2) is 3.19. The van der Waals surface area contributed by atoms with Crippen LogP contribution in [0.1, 0.15) is 0 Å². The van der Waals surface area contributed by atoms with E-state index in [4.69, 9.17) is 5.11 Å². The Hall–Kier alpha value is -1.07. The van der Waals surface area contributed by atoms with E-state index in [2.05, 4.69) is 0 Å². The van der Waals surface area contributed by atoms with Crippen LogP contribution in [0.25, 0.3) is 0 Å². The lowest BCUT2D eigenvalue weighted by atomic mass is 10.3. The Morgan fingerprint density at radius 2 is 1.70 bits per heavy atom. The minimum atomic E-state index is -3.64. The molecule has 10 heavy (non-hydrogen) atoms. The van der Waals surface area contributed by atoms with Gasteiger partial charge < -0.3 is 5.11 Å². The van der Waals surface area contributed by atoms with Crippen LogP contribution in [0.5, 0.6) is 0 Å². The number of halogens is 4. The van der Waals surface area contributed by atoms with E-state index in [1.54, 1.807) is 0 Å². The fourth-order valence-corrected chi connectivity index (χ4v) is 0.257. The second-order valence-corrected chi connectivity index (χ2v) is 1.28. The number of carbonyl (C=O) groups is 1. The van der Waals surface area contributed by atoms with Gasteiger partial charge in [0.25, 0.3) is 12.5 Å². The van der Waals surface area contributed by atoms with E-state index in [-0.39, 0.29) is 0 Å². The minimum Gasteiger partial charge on any atom is -0.478 e. The first-order chi connectivity index (χ1) is 4.46. The monoisotopic (exact) mass is 158 g/mol. The van der Waals surface area contributed by atoms with Crippen molar-refractivity contribution in [1.82, 2.24) is 0 Å². The normalized spacial score (nSPS) is 9.70. The van der Waals surface area contributed by atoms with Crippen molar-refractivity contribution < 1.29 is 27.5 Å². The maximum atomic E-state index is 11.3. The van der Waals surface area contributed by atoms with Crippen molar-refractivity contribution in [3.8, 4) is 0 Å². The summed E-state index contributed by atoms with van der Waals surface area (Å²) in [5, 5.41) is 7.70. The number of carboxylic acid groups (broad SMARTS) is 1. The molecule has 0 bridgehead atoms. The molecule has 0 radical (unpaired) electrons. The van der Waals surface area contributed by atoms with Gasteiger partial charge >= 0.3 is 5.97 Å². The predicted octanol–water partition coefficient (Wildman–Crippen LogP) is 1.49. The van der Waals surface area contributed by atoms with E-state index in [0.29, 0.717) is 0 Å². The fraction of sp³-hybridized carbons (Fsp3) is 0.250. The van der Waals surface area contributed by atoms with Crippen LogP contribution in [0, 0.1) is 0 Å². The molecule has 0 aliphatic rings. The van der Waals surface area contributed by atoms with E-state index in [0.717, 1.165) is 0 Å². The highest BCUT2D eigenvalue weighted by Gasteiger charge is 2.24. The first-order valence-electron chi connectivity index (χ1n) is 2.03. The summed E-state index contributed by atoms with van der Waals surface area (Å²) in [6.07, 6.45) is -6.50. The molecule has 0 fully saturated rings. The standard InChI is InChI=1S/C4H2F4O2/c5-2(6)1(3(7)8)4(9)10/h2H,(H,9,10). The molecule has 0 unspecified atom stereocenters. The Labute approximate surface area is 52.8 Å². The van der Waals surface area contributed by atoms with Gasteiger partial charge in [-0.3, -0.25) is 0 Å². The lowest BCUT2D eigenvalue weighted by molar-refractivity contribution is -0.134. The molecule has 0 atom stereocenters. The molecule has 0 saturated heterocycles. The lowest BCUT2D eigenvalue weighted by Crippen LogP contribution is -2.09. The molecule has 0 aliphatic heterocycles. The average molecular weight is 158 g/mol. The van der Waals surface area contributed by atoms with Crippen molar-refractivity contribution in [1.29, 1.82) is 0 Å². The van der Waals surface area contributed by atoms with Crippen LogP contribution in [0.4, 0.5) is 17.6 Å². The second-order valence-electron chi connectivity index (χ2n) is 1.28. The number of hydrogen-bond donors (Lipinski definition) is 1. The fourth-order valence-electron chi connectivity index (χ4n) is 0.257. The summed E-state index contributed by atoms with van der Waals surface area (Å²) in [5.74, 6) is -2.30. The van der Waals surface area contributed by atoms with Crippen molar-refractivity contribution in [2.75, 3.05) is 0 Å². The molecule has 0 aromatic carbocycles. The smallest absolute Gasteiger partial charge is 0.342 e. The Bertz CT molecular complexity index is 170. The zero-order valence-corrected chi connectivity index (χ0v) is 4.44. The molecular formula is C4H2F4O2. The number of rotatable bonds is 2. The summed E-state index contributed by atoms with van der Waals surface area (Å²) in [6.45, 7) is 0. The third kappa shape index (κ3) is 2.04. The third-order valence-corrected chi connectivity index (χ3v) is 0.652. The number of hydrogen-bond acceptors (Lipinski definition) is 1. The van der Waals surface area contributed by atoms with Crippen LogP contribution in [0.15, 0.2) is 11.7 Å². The minimum absolute atomic E-state index is 2.14. The third-order valence-electron chi connectivity index (χ3n) is 0.652. The number of carboxylic acids is 1. The molecule has 0 saturated carbocycles. The summed E-state index contributed by atoms with van der Waals surface area (Å²) in [5.41, 5.74) is -2.14. The van der Waals surface area contributed by atoms with Crippen LogP contribution in [-0.2, 0) is 4.79 Å². The molecule has 6 heteroatoms. The lowest BCUT2D eigenvalue weighted by Gasteiger charge is -1.95. The molecule has 2 nitrogen and oxygen atoms in total. The molecule has 0 aromatic rings. The SMILES string of the molecule is O=C(O)C(=C(F)F)C(F)F. The number of alkyl halides is 2. The molecule has 0 aromatic heterocycles. The first-order valence-corrected chi connectivity index (χ1v) is 2.03. The highest BCUT2D eigenvalue weighted by molar-refractivity contribution is 5.87. The maximum absolute atomic E-state index is 11.3. The van der Waals surface area contributed by atoms with Gasteiger partial charge in [0.05, 0.1) is 0 Å². The van der Waals surface area contributed by atoms with Gasteiger partial charge in [-0.1, -0.05) is 0 Å². The van der Waals surface area contributed by atoms with Gasteiger partial charge in [-0.25, -0.2) is 13.6 Å². The summed E-state index contributed by atoms with van der Waals surface area (Å²) in [4.78, 5) is 9.56. The Balaban J connectivity index is 4.61. The predicted molar refractivity (Wildman–Crippen MR) is 22.9 cm³/mol. The topological polar surface area (TPSA) is 37.3 Å². The molecule has 0 heterocycles.